The molecule has 0 aliphatic rings. The second-order valence-electron chi connectivity index (χ2n) is 7.50. The largest absolute Gasteiger partial charge is 0.344 e. The first-order chi connectivity index (χ1) is 14.8. The molecule has 1 aromatic carbocycles. The first-order valence-electron chi connectivity index (χ1n) is 10.3. The van der Waals surface area contributed by atoms with Gasteiger partial charge < -0.3 is 4.57 Å². The highest BCUT2D eigenvalue weighted by Gasteiger charge is 2.20. The number of hydrogen-bond acceptors (Lipinski definition) is 4. The van der Waals surface area contributed by atoms with E-state index in [1.807, 2.05) is 38.3 Å². The quantitative estimate of drug-likeness (QED) is 0.546. The molecular weight excluding hydrogens is 395 g/mol. The van der Waals surface area contributed by atoms with Crippen LogP contribution in [0.2, 0.25) is 0 Å². The number of benzene rings is 1. The SMILES string of the molecule is CCc1nn(CC(=O)c2cc(C)n(Cc3ccc(F)cc3)c2C)c(=O)c(C#N)c1CC. The van der Waals surface area contributed by atoms with Gasteiger partial charge in [-0.3, -0.25) is 9.59 Å². The monoisotopic (exact) mass is 420 g/mol. The fourth-order valence-electron chi connectivity index (χ4n) is 3.86. The van der Waals surface area contributed by atoms with Gasteiger partial charge >= 0.3 is 0 Å². The lowest BCUT2D eigenvalue weighted by Gasteiger charge is -2.12. The van der Waals surface area contributed by atoms with Gasteiger partial charge in [-0.2, -0.15) is 10.4 Å². The molecule has 2 heterocycles. The first-order valence-corrected chi connectivity index (χ1v) is 10.3. The van der Waals surface area contributed by atoms with E-state index < -0.39 is 5.56 Å². The summed E-state index contributed by atoms with van der Waals surface area (Å²) in [6, 6.07) is 10.0. The van der Waals surface area contributed by atoms with Crippen molar-refractivity contribution >= 4 is 5.78 Å². The number of nitriles is 1. The minimum Gasteiger partial charge on any atom is -0.344 e. The maximum Gasteiger partial charge on any atom is 0.285 e. The van der Waals surface area contributed by atoms with Gasteiger partial charge in [0, 0.05) is 23.5 Å². The van der Waals surface area contributed by atoms with E-state index in [4.69, 9.17) is 0 Å². The Hall–Kier alpha value is -3.53. The molecule has 7 heteroatoms. The van der Waals surface area contributed by atoms with Crippen LogP contribution < -0.4 is 5.56 Å². The van der Waals surface area contributed by atoms with Crippen LogP contribution in [0.15, 0.2) is 35.1 Å². The Bertz CT molecular complexity index is 1230. The summed E-state index contributed by atoms with van der Waals surface area (Å²) in [6.45, 7) is 7.80. The third-order valence-corrected chi connectivity index (χ3v) is 5.56. The topological polar surface area (TPSA) is 80.7 Å². The smallest absolute Gasteiger partial charge is 0.285 e. The van der Waals surface area contributed by atoms with Gasteiger partial charge in [0.2, 0.25) is 0 Å². The summed E-state index contributed by atoms with van der Waals surface area (Å²) in [7, 11) is 0. The highest BCUT2D eigenvalue weighted by atomic mass is 19.1. The van der Waals surface area contributed by atoms with Gasteiger partial charge in [-0.15, -0.1) is 0 Å². The number of nitrogens with zero attached hydrogens (tertiary/aromatic N) is 4. The number of carbonyl (C=O) groups is 1. The molecule has 0 saturated carbocycles. The number of hydrogen-bond donors (Lipinski definition) is 0. The number of carbonyl (C=O) groups excluding carboxylic acids is 1. The van der Waals surface area contributed by atoms with E-state index in [1.54, 1.807) is 18.2 Å². The molecule has 3 aromatic rings. The lowest BCUT2D eigenvalue weighted by Crippen LogP contribution is -2.31. The summed E-state index contributed by atoms with van der Waals surface area (Å²) < 4.78 is 16.3. The van der Waals surface area contributed by atoms with E-state index in [2.05, 4.69) is 5.10 Å². The second kappa shape index (κ2) is 9.09. The maximum absolute atomic E-state index is 13.2. The van der Waals surface area contributed by atoms with E-state index in [1.165, 1.54) is 12.1 Å². The molecule has 6 nitrogen and oxygen atoms in total. The molecule has 0 fully saturated rings. The van der Waals surface area contributed by atoms with Crippen molar-refractivity contribution < 1.29 is 9.18 Å². The van der Waals surface area contributed by atoms with Crippen LogP contribution in [0.3, 0.4) is 0 Å². The number of aryl methyl sites for hydroxylation is 2. The molecular formula is C24H25FN4O2. The van der Waals surface area contributed by atoms with Crippen molar-refractivity contribution in [2.24, 2.45) is 0 Å². The average Bonchev–Trinajstić information content (AvgIpc) is 3.04. The minimum absolute atomic E-state index is 0.0592. The molecule has 160 valence electrons. The van der Waals surface area contributed by atoms with Gasteiger partial charge in [0.05, 0.1) is 5.69 Å². The van der Waals surface area contributed by atoms with Crippen LogP contribution in [0.25, 0.3) is 0 Å². The molecule has 0 aliphatic heterocycles. The van der Waals surface area contributed by atoms with E-state index in [0.29, 0.717) is 36.2 Å². The van der Waals surface area contributed by atoms with Gasteiger partial charge in [-0.25, -0.2) is 9.07 Å². The van der Waals surface area contributed by atoms with E-state index in [0.717, 1.165) is 21.6 Å². The summed E-state index contributed by atoms with van der Waals surface area (Å²) in [5, 5.41) is 13.8. The molecule has 0 N–H and O–H groups in total. The zero-order valence-corrected chi connectivity index (χ0v) is 18.2. The van der Waals surface area contributed by atoms with Crippen LogP contribution in [0.1, 0.15) is 58.0 Å². The highest BCUT2D eigenvalue weighted by molar-refractivity contribution is 5.97. The van der Waals surface area contributed by atoms with Crippen molar-refractivity contribution in [3.8, 4) is 6.07 Å². The second-order valence-corrected chi connectivity index (χ2v) is 7.50. The zero-order chi connectivity index (χ0) is 22.7. The van der Waals surface area contributed by atoms with Gasteiger partial charge in [-0.1, -0.05) is 26.0 Å². The number of Topliss-reactive ketones (excluding diaryl/α,β-unsaturated/α-hetero) is 1. The van der Waals surface area contributed by atoms with Crippen molar-refractivity contribution in [2.75, 3.05) is 0 Å². The normalized spacial score (nSPS) is 10.8. The Labute approximate surface area is 180 Å². The molecule has 0 unspecified atom stereocenters. The Morgan fingerprint density at radius 2 is 1.84 bits per heavy atom. The van der Waals surface area contributed by atoms with Crippen LogP contribution in [-0.4, -0.2) is 20.1 Å². The molecule has 3 rings (SSSR count). The number of rotatable bonds is 7. The van der Waals surface area contributed by atoms with Gasteiger partial charge in [0.25, 0.3) is 5.56 Å². The lowest BCUT2D eigenvalue weighted by molar-refractivity contribution is 0.0964. The molecule has 0 atom stereocenters. The summed E-state index contributed by atoms with van der Waals surface area (Å²) in [5.74, 6) is -0.543. The molecule has 0 bridgehead atoms. The van der Waals surface area contributed by atoms with Crippen LogP contribution >= 0.6 is 0 Å². The van der Waals surface area contributed by atoms with E-state index in [9.17, 15) is 19.2 Å². The molecule has 0 saturated heterocycles. The summed E-state index contributed by atoms with van der Waals surface area (Å²) in [5.41, 5.74) is 3.91. The number of halogens is 1. The molecule has 0 radical (unpaired) electrons. The Kier molecular flexibility index (Phi) is 6.50. The lowest BCUT2D eigenvalue weighted by atomic mass is 10.0. The molecule has 0 spiro atoms. The van der Waals surface area contributed by atoms with Gasteiger partial charge in [-0.05, 0) is 56.0 Å². The number of ketones is 1. The van der Waals surface area contributed by atoms with Crippen LogP contribution in [0, 0.1) is 31.0 Å². The predicted molar refractivity (Wildman–Crippen MR) is 116 cm³/mol. The molecule has 0 amide bonds. The van der Waals surface area contributed by atoms with Crippen molar-refractivity contribution in [2.45, 2.75) is 53.6 Å². The van der Waals surface area contributed by atoms with Crippen LogP contribution in [0.5, 0.6) is 0 Å². The number of aromatic nitrogens is 3. The summed E-state index contributed by atoms with van der Waals surface area (Å²) >= 11 is 0. The third kappa shape index (κ3) is 4.33. The Balaban J connectivity index is 1.94. The van der Waals surface area contributed by atoms with Crippen molar-refractivity contribution in [3.05, 3.63) is 85.8 Å². The Morgan fingerprint density at radius 1 is 1.16 bits per heavy atom. The van der Waals surface area contributed by atoms with Crippen LogP contribution in [0.4, 0.5) is 4.39 Å². The molecule has 0 aliphatic carbocycles. The van der Waals surface area contributed by atoms with Gasteiger partial charge in [0.1, 0.15) is 24.0 Å². The van der Waals surface area contributed by atoms with Crippen molar-refractivity contribution in [1.29, 1.82) is 5.26 Å². The fourth-order valence-corrected chi connectivity index (χ4v) is 3.86. The predicted octanol–water partition coefficient (Wildman–Crippen LogP) is 3.73. The van der Waals surface area contributed by atoms with Crippen LogP contribution in [-0.2, 0) is 25.9 Å². The van der Waals surface area contributed by atoms with Gasteiger partial charge in [0.15, 0.2) is 5.78 Å². The van der Waals surface area contributed by atoms with Crippen molar-refractivity contribution in [1.82, 2.24) is 14.3 Å². The zero-order valence-electron chi connectivity index (χ0n) is 18.2. The summed E-state index contributed by atoms with van der Waals surface area (Å²) in [4.78, 5) is 25.8. The first kappa shape index (κ1) is 22.2. The maximum atomic E-state index is 13.2. The van der Waals surface area contributed by atoms with E-state index >= 15 is 0 Å². The standard InChI is InChI=1S/C24H25FN4O2/c1-5-19-21(12-26)24(31)29(27-22(19)6-2)14-23(30)20-11-15(3)28(16(20)4)13-17-7-9-18(25)10-8-17/h7-11H,5-6,13-14H2,1-4H3. The summed E-state index contributed by atoms with van der Waals surface area (Å²) in [6.07, 6.45) is 1.10. The molecule has 2 aromatic heterocycles. The third-order valence-electron chi connectivity index (χ3n) is 5.56. The fraction of sp³-hybridized carbons (Fsp3) is 0.333. The minimum atomic E-state index is -0.537. The van der Waals surface area contributed by atoms with E-state index in [-0.39, 0.29) is 23.7 Å². The average molecular weight is 420 g/mol. The molecule has 31 heavy (non-hydrogen) atoms. The highest BCUT2D eigenvalue weighted by Crippen LogP contribution is 2.19. The Morgan fingerprint density at radius 3 is 2.42 bits per heavy atom. The van der Waals surface area contributed by atoms with Crippen molar-refractivity contribution in [3.63, 3.8) is 0 Å².